The maximum atomic E-state index is 12.9. The summed E-state index contributed by atoms with van der Waals surface area (Å²) < 4.78 is 12.6. The number of aromatic nitrogens is 1. The number of likely N-dealkylation sites (tertiary alicyclic amines) is 1. The summed E-state index contributed by atoms with van der Waals surface area (Å²) in [6.07, 6.45) is 0.724. The van der Waals surface area contributed by atoms with Gasteiger partial charge in [0.25, 0.3) is 0 Å². The van der Waals surface area contributed by atoms with Crippen molar-refractivity contribution >= 4 is 50.7 Å². The molecule has 36 heavy (non-hydrogen) atoms. The summed E-state index contributed by atoms with van der Waals surface area (Å²) in [5.74, 6) is -1.11. The van der Waals surface area contributed by atoms with E-state index in [-0.39, 0.29) is 6.42 Å². The van der Waals surface area contributed by atoms with Crippen LogP contribution in [-0.2, 0) is 26.2 Å². The molecule has 1 fully saturated rings. The highest BCUT2D eigenvalue weighted by molar-refractivity contribution is 9.10. The number of fused-ring (bicyclic) bond motifs is 4. The number of hydrogen-bond acceptors (Lipinski definition) is 6. The number of carboxylic acid groups (broad SMARTS) is 1. The number of carbonyl (C=O) groups is 3. The Morgan fingerprint density at radius 3 is 2.67 bits per heavy atom. The summed E-state index contributed by atoms with van der Waals surface area (Å²) >= 11 is 3.61. The summed E-state index contributed by atoms with van der Waals surface area (Å²) in [5, 5.41) is 17.2. The first-order chi connectivity index (χ1) is 17.3. The van der Waals surface area contributed by atoms with Crippen LogP contribution in [-0.4, -0.2) is 65.7 Å². The zero-order chi connectivity index (χ0) is 25.6. The number of halogens is 1. The second-order valence-corrected chi connectivity index (χ2v) is 9.63. The molecule has 0 radical (unpaired) electrons. The van der Waals surface area contributed by atoms with Crippen LogP contribution in [0.2, 0.25) is 0 Å². The van der Waals surface area contributed by atoms with Crippen LogP contribution in [0.3, 0.4) is 0 Å². The number of hydrogen-bond donors (Lipinski definition) is 3. The summed E-state index contributed by atoms with van der Waals surface area (Å²) in [5.41, 5.74) is 2.61. The van der Waals surface area contributed by atoms with Gasteiger partial charge in [-0.2, -0.15) is 0 Å². The van der Waals surface area contributed by atoms with Crippen molar-refractivity contribution in [3.63, 3.8) is 0 Å². The molecule has 3 N–H and O–H groups in total. The van der Waals surface area contributed by atoms with Crippen LogP contribution in [0.4, 0.5) is 15.3 Å². The molecule has 0 spiro atoms. The molecule has 0 saturated carbocycles. The monoisotopic (exact) mass is 556 g/mol. The Morgan fingerprint density at radius 2 is 1.94 bits per heavy atom. The van der Waals surface area contributed by atoms with Crippen molar-refractivity contribution in [3.8, 4) is 0 Å². The van der Waals surface area contributed by atoms with Crippen molar-refractivity contribution in [1.82, 2.24) is 14.8 Å². The number of alkyl carbamates (subject to hydrolysis) is 1. The summed E-state index contributed by atoms with van der Waals surface area (Å²) in [6, 6.07) is 12.5. The molecular weight excluding hydrogens is 532 g/mol. The van der Waals surface area contributed by atoms with Crippen LogP contribution in [0.1, 0.15) is 17.5 Å². The second kappa shape index (κ2) is 9.05. The van der Waals surface area contributed by atoms with E-state index in [1.165, 1.54) is 19.1 Å². The van der Waals surface area contributed by atoms with Crippen LogP contribution in [0, 0.1) is 0 Å². The number of aliphatic carboxylic acids is 1. The molecule has 2 aliphatic rings. The molecule has 0 aliphatic carbocycles. The Bertz CT molecular complexity index is 1370. The first-order valence-electron chi connectivity index (χ1n) is 11.4. The highest BCUT2D eigenvalue weighted by atomic mass is 79.9. The zero-order valence-electron chi connectivity index (χ0n) is 19.7. The minimum Gasteiger partial charge on any atom is -0.480 e. The smallest absolute Gasteiger partial charge is 0.411 e. The van der Waals surface area contributed by atoms with Gasteiger partial charge in [0.15, 0.2) is 0 Å². The van der Waals surface area contributed by atoms with Crippen LogP contribution in [0.25, 0.3) is 10.9 Å². The third kappa shape index (κ3) is 3.48. The van der Waals surface area contributed by atoms with Gasteiger partial charge in [-0.3, -0.25) is 4.90 Å². The molecule has 1 unspecified atom stereocenters. The fourth-order valence-electron chi connectivity index (χ4n) is 5.58. The van der Waals surface area contributed by atoms with E-state index in [4.69, 9.17) is 4.74 Å². The molecule has 2 aliphatic heterocycles. The number of amides is 2. The van der Waals surface area contributed by atoms with Gasteiger partial charge in [-0.25, -0.2) is 14.4 Å². The van der Waals surface area contributed by atoms with E-state index < -0.39 is 35.9 Å². The molecule has 10 nitrogen and oxygen atoms in total. The van der Waals surface area contributed by atoms with Crippen LogP contribution in [0.5, 0.6) is 0 Å². The van der Waals surface area contributed by atoms with Crippen LogP contribution in [0.15, 0.2) is 53.1 Å². The molecule has 2 aromatic carbocycles. The molecule has 3 aromatic rings. The van der Waals surface area contributed by atoms with Crippen molar-refractivity contribution in [2.75, 3.05) is 26.1 Å². The third-order valence-corrected chi connectivity index (χ3v) is 7.74. The number of nitrogens with zero attached hydrogens (tertiary/aromatic N) is 2. The summed E-state index contributed by atoms with van der Waals surface area (Å²) in [4.78, 5) is 38.1. The quantitative estimate of drug-likeness (QED) is 0.437. The van der Waals surface area contributed by atoms with Crippen LogP contribution < -0.4 is 10.6 Å². The van der Waals surface area contributed by atoms with Gasteiger partial charge in [-0.15, -0.1) is 0 Å². The van der Waals surface area contributed by atoms with Crippen molar-refractivity contribution in [1.29, 1.82) is 0 Å². The fraction of sp³-hybridized carbons (Fsp3) is 0.320. The molecule has 0 bridgehead atoms. The lowest BCUT2D eigenvalue weighted by atomic mass is 9.86. The van der Waals surface area contributed by atoms with E-state index in [0.717, 1.165) is 32.2 Å². The van der Waals surface area contributed by atoms with Gasteiger partial charge in [0.1, 0.15) is 17.7 Å². The van der Waals surface area contributed by atoms with E-state index in [2.05, 4.69) is 35.9 Å². The number of anilines is 1. The van der Waals surface area contributed by atoms with E-state index in [1.807, 2.05) is 48.7 Å². The Hall–Kier alpha value is -3.73. The van der Waals surface area contributed by atoms with Crippen LogP contribution >= 0.6 is 15.9 Å². The van der Waals surface area contributed by atoms with Gasteiger partial charge < -0.3 is 29.8 Å². The zero-order valence-corrected chi connectivity index (χ0v) is 21.2. The van der Waals surface area contributed by atoms with E-state index in [9.17, 15) is 19.5 Å². The Morgan fingerprint density at radius 1 is 1.17 bits per heavy atom. The summed E-state index contributed by atoms with van der Waals surface area (Å²) in [7, 11) is 2.56. The van der Waals surface area contributed by atoms with Gasteiger partial charge in [0, 0.05) is 40.1 Å². The van der Waals surface area contributed by atoms with Gasteiger partial charge in [-0.05, 0) is 40.0 Å². The molecule has 2 amide bonds. The molecular formula is C25H25BrN4O6. The van der Waals surface area contributed by atoms with E-state index in [0.29, 0.717) is 13.0 Å². The number of nitrogens with one attached hydrogen (secondary N) is 2. The average molecular weight is 557 g/mol. The van der Waals surface area contributed by atoms with Crippen molar-refractivity contribution in [2.45, 2.75) is 30.6 Å². The normalized spacial score (nSPS) is 22.0. The van der Waals surface area contributed by atoms with Gasteiger partial charge in [0.05, 0.1) is 19.9 Å². The Balaban J connectivity index is 1.71. The number of benzene rings is 2. The summed E-state index contributed by atoms with van der Waals surface area (Å²) in [6.45, 7) is 0.365. The first-order valence-corrected chi connectivity index (χ1v) is 12.2. The average Bonchev–Trinajstić information content (AvgIpc) is 3.51. The molecule has 3 heterocycles. The standard InChI is InChI=1S/C25H25BrN4O6/c1-35-23(33)27-11-10-14-13-29(18-9-4-3-6-15(14)18)25-12-19(21(31)32)30(24(34)36-2)22(25)28-20-16(25)7-5-8-17(20)26/h3-9,13,19,22,28H,10-12H2,1-2H3,(H,27,33)(H,31,32)/t19-,22-,25?/m1/s1. The number of para-hydroxylation sites is 2. The third-order valence-electron chi connectivity index (χ3n) is 7.08. The number of rotatable bonds is 5. The number of carbonyl (C=O) groups excluding carboxylic acids is 2. The first kappa shape index (κ1) is 24.0. The number of methoxy groups -OCH3 is 2. The van der Waals surface area contributed by atoms with E-state index in [1.54, 1.807) is 0 Å². The Kier molecular flexibility index (Phi) is 6.03. The largest absolute Gasteiger partial charge is 0.480 e. The minimum atomic E-state index is -1.11. The Labute approximate surface area is 215 Å². The highest BCUT2D eigenvalue weighted by Gasteiger charge is 2.63. The molecule has 1 aromatic heterocycles. The van der Waals surface area contributed by atoms with Crippen molar-refractivity contribution < 1.29 is 29.0 Å². The van der Waals surface area contributed by atoms with Gasteiger partial charge >= 0.3 is 18.2 Å². The minimum absolute atomic E-state index is 0.136. The highest BCUT2D eigenvalue weighted by Crippen LogP contribution is 2.55. The van der Waals surface area contributed by atoms with Crippen molar-refractivity contribution in [2.24, 2.45) is 0 Å². The molecule has 1 saturated heterocycles. The lowest BCUT2D eigenvalue weighted by molar-refractivity contribution is -0.142. The molecule has 11 heteroatoms. The van der Waals surface area contributed by atoms with Crippen molar-refractivity contribution in [3.05, 3.63) is 64.3 Å². The fourth-order valence-corrected chi connectivity index (χ4v) is 6.07. The predicted molar refractivity (Wildman–Crippen MR) is 135 cm³/mol. The topological polar surface area (TPSA) is 122 Å². The second-order valence-electron chi connectivity index (χ2n) is 8.78. The molecule has 5 rings (SSSR count). The maximum Gasteiger partial charge on any atom is 0.411 e. The number of carboxylic acids is 1. The lowest BCUT2D eigenvalue weighted by Crippen LogP contribution is -2.51. The van der Waals surface area contributed by atoms with Gasteiger partial charge in [-0.1, -0.05) is 30.3 Å². The molecule has 188 valence electrons. The maximum absolute atomic E-state index is 12.9. The lowest BCUT2D eigenvalue weighted by Gasteiger charge is -2.34. The van der Waals surface area contributed by atoms with E-state index >= 15 is 0 Å². The SMILES string of the molecule is COC(=O)NCCc1cn(C23C[C@H](C(=O)O)N(C(=O)OC)[C@H]2Nc2c(Br)cccc23)c2ccccc12. The predicted octanol–water partition coefficient (Wildman–Crippen LogP) is 3.72. The molecule has 3 atom stereocenters. The van der Waals surface area contributed by atoms with Gasteiger partial charge in [0.2, 0.25) is 0 Å². The number of ether oxygens (including phenoxy) is 2.